The van der Waals surface area contributed by atoms with E-state index in [1.165, 1.54) is 5.56 Å². The minimum absolute atomic E-state index is 0.0601. The van der Waals surface area contributed by atoms with Crippen molar-refractivity contribution in [3.8, 4) is 0 Å². The number of halogens is 1. The summed E-state index contributed by atoms with van der Waals surface area (Å²) in [6.45, 7) is 7.82. The molecule has 0 N–H and O–H groups in total. The van der Waals surface area contributed by atoms with Crippen molar-refractivity contribution in [3.63, 3.8) is 0 Å². The molecule has 0 spiro atoms. The standard InChI is InChI=1S/C15H19ClO/c1-10(2)7-14-6-5-13(9-15(14)16)11(3)8-12(4)17/h5-6,8-10H,7H2,1-4H3. The molecular formula is C15H19ClO. The molecule has 0 fully saturated rings. The van der Waals surface area contributed by atoms with Crippen LogP contribution in [-0.2, 0) is 11.2 Å². The Bertz CT molecular complexity index is 444. The van der Waals surface area contributed by atoms with E-state index in [2.05, 4.69) is 19.9 Å². The van der Waals surface area contributed by atoms with Crippen LogP contribution in [0.15, 0.2) is 24.3 Å². The van der Waals surface area contributed by atoms with Gasteiger partial charge < -0.3 is 0 Å². The summed E-state index contributed by atoms with van der Waals surface area (Å²) in [7, 11) is 0. The summed E-state index contributed by atoms with van der Waals surface area (Å²) in [6.07, 6.45) is 2.61. The fourth-order valence-corrected chi connectivity index (χ4v) is 2.04. The molecule has 0 radical (unpaired) electrons. The molecule has 1 aromatic rings. The van der Waals surface area contributed by atoms with E-state index in [1.807, 2.05) is 19.1 Å². The van der Waals surface area contributed by atoms with E-state index in [0.717, 1.165) is 22.6 Å². The van der Waals surface area contributed by atoms with E-state index in [9.17, 15) is 4.79 Å². The van der Waals surface area contributed by atoms with Crippen LogP contribution >= 0.6 is 11.6 Å². The molecule has 0 unspecified atom stereocenters. The molecule has 0 heterocycles. The maximum Gasteiger partial charge on any atom is 0.152 e. The Morgan fingerprint density at radius 1 is 1.35 bits per heavy atom. The Labute approximate surface area is 108 Å². The maximum atomic E-state index is 11.0. The molecule has 1 rings (SSSR count). The highest BCUT2D eigenvalue weighted by Gasteiger charge is 2.05. The van der Waals surface area contributed by atoms with Gasteiger partial charge in [0.15, 0.2) is 5.78 Å². The zero-order valence-corrected chi connectivity index (χ0v) is 11.6. The highest BCUT2D eigenvalue weighted by Crippen LogP contribution is 2.24. The van der Waals surface area contributed by atoms with Gasteiger partial charge in [-0.2, -0.15) is 0 Å². The number of carbonyl (C=O) groups is 1. The Balaban J connectivity index is 3.00. The molecule has 0 saturated carbocycles. The highest BCUT2D eigenvalue weighted by atomic mass is 35.5. The number of hydrogen-bond donors (Lipinski definition) is 0. The molecule has 92 valence electrons. The maximum absolute atomic E-state index is 11.0. The molecule has 0 bridgehead atoms. The zero-order valence-electron chi connectivity index (χ0n) is 10.9. The number of hydrogen-bond acceptors (Lipinski definition) is 1. The smallest absolute Gasteiger partial charge is 0.152 e. The second-order valence-electron chi connectivity index (χ2n) is 4.84. The summed E-state index contributed by atoms with van der Waals surface area (Å²) in [6, 6.07) is 6.02. The Morgan fingerprint density at radius 3 is 2.47 bits per heavy atom. The molecule has 0 aliphatic carbocycles. The largest absolute Gasteiger partial charge is 0.295 e. The molecular weight excluding hydrogens is 232 g/mol. The van der Waals surface area contributed by atoms with Gasteiger partial charge in [0.25, 0.3) is 0 Å². The minimum Gasteiger partial charge on any atom is -0.295 e. The van der Waals surface area contributed by atoms with Crippen LogP contribution in [0.2, 0.25) is 5.02 Å². The topological polar surface area (TPSA) is 17.1 Å². The quantitative estimate of drug-likeness (QED) is 0.718. The minimum atomic E-state index is 0.0601. The first-order chi connectivity index (χ1) is 7.90. The van der Waals surface area contributed by atoms with E-state index >= 15 is 0 Å². The van der Waals surface area contributed by atoms with Gasteiger partial charge in [-0.1, -0.05) is 37.6 Å². The van der Waals surface area contributed by atoms with E-state index in [1.54, 1.807) is 13.0 Å². The first kappa shape index (κ1) is 14.0. The van der Waals surface area contributed by atoms with Crippen molar-refractivity contribution in [1.82, 2.24) is 0 Å². The molecule has 0 atom stereocenters. The predicted octanol–water partition coefficient (Wildman–Crippen LogP) is 4.53. The van der Waals surface area contributed by atoms with Crippen molar-refractivity contribution in [2.75, 3.05) is 0 Å². The molecule has 0 aliphatic heterocycles. The second kappa shape index (κ2) is 6.02. The van der Waals surface area contributed by atoms with Crippen LogP contribution in [-0.4, -0.2) is 5.78 Å². The van der Waals surface area contributed by atoms with Crippen molar-refractivity contribution in [1.29, 1.82) is 0 Å². The Kier molecular flexibility index (Phi) is 4.95. The molecule has 1 nitrogen and oxygen atoms in total. The van der Waals surface area contributed by atoms with Gasteiger partial charge in [-0.05, 0) is 55.0 Å². The number of rotatable bonds is 4. The summed E-state index contributed by atoms with van der Waals surface area (Å²) >= 11 is 6.24. The fraction of sp³-hybridized carbons (Fsp3) is 0.400. The van der Waals surface area contributed by atoms with Gasteiger partial charge in [-0.15, -0.1) is 0 Å². The van der Waals surface area contributed by atoms with E-state index < -0.39 is 0 Å². The zero-order chi connectivity index (χ0) is 13.0. The third-order valence-electron chi connectivity index (χ3n) is 2.56. The van der Waals surface area contributed by atoms with Crippen molar-refractivity contribution in [2.45, 2.75) is 34.1 Å². The molecule has 0 aromatic heterocycles. The van der Waals surface area contributed by atoms with Crippen molar-refractivity contribution < 1.29 is 4.79 Å². The lowest BCUT2D eigenvalue weighted by Gasteiger charge is -2.09. The third-order valence-corrected chi connectivity index (χ3v) is 2.91. The first-order valence-corrected chi connectivity index (χ1v) is 6.25. The predicted molar refractivity (Wildman–Crippen MR) is 74.3 cm³/mol. The molecule has 0 aliphatic rings. The van der Waals surface area contributed by atoms with Gasteiger partial charge in [0.05, 0.1) is 0 Å². The third kappa shape index (κ3) is 4.35. The lowest BCUT2D eigenvalue weighted by Crippen LogP contribution is -1.96. The van der Waals surface area contributed by atoms with E-state index in [-0.39, 0.29) is 5.78 Å². The van der Waals surface area contributed by atoms with Crippen LogP contribution in [0.3, 0.4) is 0 Å². The SMILES string of the molecule is CC(=O)C=C(C)c1ccc(CC(C)C)c(Cl)c1. The second-order valence-corrected chi connectivity index (χ2v) is 5.25. The molecule has 2 heteroatoms. The first-order valence-electron chi connectivity index (χ1n) is 5.87. The summed E-state index contributed by atoms with van der Waals surface area (Å²) in [5.41, 5.74) is 3.13. The Hall–Kier alpha value is -1.08. The van der Waals surface area contributed by atoms with Crippen molar-refractivity contribution >= 4 is 23.0 Å². The molecule has 17 heavy (non-hydrogen) atoms. The van der Waals surface area contributed by atoms with Crippen LogP contribution < -0.4 is 0 Å². The normalized spacial score (nSPS) is 12.0. The molecule has 1 aromatic carbocycles. The number of ketones is 1. The Morgan fingerprint density at radius 2 is 2.00 bits per heavy atom. The number of allylic oxidation sites excluding steroid dienone is 2. The average Bonchev–Trinajstić information content (AvgIpc) is 2.19. The van der Waals surface area contributed by atoms with Gasteiger partial charge in [0, 0.05) is 5.02 Å². The van der Waals surface area contributed by atoms with Crippen LogP contribution in [0.5, 0.6) is 0 Å². The summed E-state index contributed by atoms with van der Waals surface area (Å²) in [5.74, 6) is 0.650. The monoisotopic (exact) mass is 250 g/mol. The van der Waals surface area contributed by atoms with Crippen molar-refractivity contribution in [2.24, 2.45) is 5.92 Å². The lowest BCUT2D eigenvalue weighted by atomic mass is 9.99. The number of benzene rings is 1. The van der Waals surface area contributed by atoms with E-state index in [4.69, 9.17) is 11.6 Å². The van der Waals surface area contributed by atoms with Gasteiger partial charge in [-0.3, -0.25) is 4.79 Å². The van der Waals surface area contributed by atoms with Crippen LogP contribution in [0.1, 0.15) is 38.8 Å². The average molecular weight is 251 g/mol. The van der Waals surface area contributed by atoms with Gasteiger partial charge in [0.2, 0.25) is 0 Å². The van der Waals surface area contributed by atoms with Gasteiger partial charge in [-0.25, -0.2) is 0 Å². The van der Waals surface area contributed by atoms with Gasteiger partial charge >= 0.3 is 0 Å². The van der Waals surface area contributed by atoms with Crippen molar-refractivity contribution in [3.05, 3.63) is 40.4 Å². The number of carbonyl (C=O) groups excluding carboxylic acids is 1. The highest BCUT2D eigenvalue weighted by molar-refractivity contribution is 6.31. The molecule has 0 saturated heterocycles. The summed E-state index contributed by atoms with van der Waals surface area (Å²) < 4.78 is 0. The van der Waals surface area contributed by atoms with Crippen LogP contribution in [0, 0.1) is 5.92 Å². The van der Waals surface area contributed by atoms with E-state index in [0.29, 0.717) is 5.92 Å². The molecule has 0 amide bonds. The van der Waals surface area contributed by atoms with Crippen LogP contribution in [0.4, 0.5) is 0 Å². The van der Waals surface area contributed by atoms with Crippen LogP contribution in [0.25, 0.3) is 5.57 Å². The van der Waals surface area contributed by atoms with Gasteiger partial charge in [0.1, 0.15) is 0 Å². The summed E-state index contributed by atoms with van der Waals surface area (Å²) in [4.78, 5) is 11.0. The fourth-order valence-electron chi connectivity index (χ4n) is 1.79. The summed E-state index contributed by atoms with van der Waals surface area (Å²) in [5, 5.41) is 0.785. The lowest BCUT2D eigenvalue weighted by molar-refractivity contribution is -0.112.